The predicted octanol–water partition coefficient (Wildman–Crippen LogP) is 4.87. The van der Waals surface area contributed by atoms with Crippen LogP contribution in [0.5, 0.6) is 0 Å². The lowest BCUT2D eigenvalue weighted by molar-refractivity contribution is -0.141. The van der Waals surface area contributed by atoms with Crippen LogP contribution in [0.1, 0.15) is 19.0 Å². The maximum absolute atomic E-state index is 12.6. The topological polar surface area (TPSA) is 29.9 Å². The third-order valence-corrected chi connectivity index (χ3v) is 3.59. The van der Waals surface area contributed by atoms with Crippen molar-refractivity contribution < 1.29 is 13.2 Å². The molecule has 0 unspecified atom stereocenters. The van der Waals surface area contributed by atoms with Crippen LogP contribution in [0.2, 0.25) is 0 Å². The number of anilines is 1. The first kappa shape index (κ1) is 15.4. The molecule has 0 saturated heterocycles. The minimum atomic E-state index is -4.42. The summed E-state index contributed by atoms with van der Waals surface area (Å²) < 4.78 is 39.6. The van der Waals surface area contributed by atoms with E-state index in [-0.39, 0.29) is 0 Å². The Hall–Kier alpha value is -2.50. The molecule has 6 heteroatoms. The molecule has 0 bridgehead atoms. The Morgan fingerprint density at radius 1 is 1.13 bits per heavy atom. The van der Waals surface area contributed by atoms with Gasteiger partial charge >= 0.3 is 6.18 Å². The molecule has 0 aliphatic rings. The first-order valence-electron chi connectivity index (χ1n) is 7.37. The van der Waals surface area contributed by atoms with E-state index in [4.69, 9.17) is 0 Å². The second-order valence-electron chi connectivity index (χ2n) is 5.29. The summed E-state index contributed by atoms with van der Waals surface area (Å²) >= 11 is 0. The van der Waals surface area contributed by atoms with Gasteiger partial charge in [-0.05, 0) is 42.8 Å². The van der Waals surface area contributed by atoms with Crippen molar-refractivity contribution in [1.82, 2.24) is 9.55 Å². The Morgan fingerprint density at radius 2 is 1.96 bits per heavy atom. The quantitative estimate of drug-likeness (QED) is 0.744. The van der Waals surface area contributed by atoms with Crippen molar-refractivity contribution in [3.8, 4) is 5.69 Å². The third kappa shape index (κ3) is 3.16. The van der Waals surface area contributed by atoms with Crippen molar-refractivity contribution in [2.24, 2.45) is 0 Å². The fourth-order valence-electron chi connectivity index (χ4n) is 2.44. The normalized spacial score (nSPS) is 11.8. The summed E-state index contributed by atoms with van der Waals surface area (Å²) in [6, 6.07) is 10.3. The molecule has 0 aliphatic heterocycles. The molecule has 2 aromatic heterocycles. The van der Waals surface area contributed by atoms with Gasteiger partial charge in [0.15, 0.2) is 0 Å². The van der Waals surface area contributed by atoms with Crippen molar-refractivity contribution in [2.75, 3.05) is 11.9 Å². The van der Waals surface area contributed by atoms with Crippen LogP contribution in [0.25, 0.3) is 16.6 Å². The minimum Gasteiger partial charge on any atom is -0.385 e. The Morgan fingerprint density at radius 3 is 2.61 bits per heavy atom. The average molecular weight is 319 g/mol. The van der Waals surface area contributed by atoms with E-state index in [1.807, 2.05) is 35.0 Å². The largest absolute Gasteiger partial charge is 0.433 e. The lowest BCUT2D eigenvalue weighted by atomic mass is 10.2. The molecule has 1 N–H and O–H groups in total. The minimum absolute atomic E-state index is 0.599. The van der Waals surface area contributed by atoms with E-state index in [1.54, 1.807) is 0 Å². The zero-order valence-electron chi connectivity index (χ0n) is 12.6. The molecule has 3 aromatic rings. The number of halogens is 3. The molecule has 0 spiro atoms. The second-order valence-corrected chi connectivity index (χ2v) is 5.29. The molecular weight excluding hydrogens is 303 g/mol. The highest BCUT2D eigenvalue weighted by atomic mass is 19.4. The van der Waals surface area contributed by atoms with E-state index in [0.29, 0.717) is 5.69 Å². The molecular formula is C17H16F3N3. The predicted molar refractivity (Wildman–Crippen MR) is 84.9 cm³/mol. The SMILES string of the molecule is CCCNc1ccc2c(ccn2-c2ccc(C(F)(F)F)nc2)c1. The van der Waals surface area contributed by atoms with Gasteiger partial charge in [-0.1, -0.05) is 6.92 Å². The number of fused-ring (bicyclic) bond motifs is 1. The highest BCUT2D eigenvalue weighted by Gasteiger charge is 2.32. The summed E-state index contributed by atoms with van der Waals surface area (Å²) in [5, 5.41) is 4.33. The van der Waals surface area contributed by atoms with Gasteiger partial charge in [0.25, 0.3) is 0 Å². The van der Waals surface area contributed by atoms with Crippen LogP contribution in [0.15, 0.2) is 48.8 Å². The highest BCUT2D eigenvalue weighted by molar-refractivity contribution is 5.85. The summed E-state index contributed by atoms with van der Waals surface area (Å²) in [4.78, 5) is 3.51. The van der Waals surface area contributed by atoms with Crippen molar-refractivity contribution in [1.29, 1.82) is 0 Å². The highest BCUT2D eigenvalue weighted by Crippen LogP contribution is 2.29. The van der Waals surface area contributed by atoms with E-state index in [1.165, 1.54) is 12.3 Å². The summed E-state index contributed by atoms with van der Waals surface area (Å²) in [6.07, 6.45) is -0.308. The zero-order valence-corrected chi connectivity index (χ0v) is 12.6. The van der Waals surface area contributed by atoms with Crippen LogP contribution in [0.3, 0.4) is 0 Å². The third-order valence-electron chi connectivity index (χ3n) is 3.59. The maximum Gasteiger partial charge on any atom is 0.433 e. The number of hydrogen-bond donors (Lipinski definition) is 1. The number of nitrogens with one attached hydrogen (secondary N) is 1. The smallest absolute Gasteiger partial charge is 0.385 e. The number of pyridine rings is 1. The van der Waals surface area contributed by atoms with Gasteiger partial charge in [0.1, 0.15) is 5.69 Å². The summed E-state index contributed by atoms with van der Waals surface area (Å²) in [5.74, 6) is 0. The molecule has 3 nitrogen and oxygen atoms in total. The van der Waals surface area contributed by atoms with Gasteiger partial charge in [0.2, 0.25) is 0 Å². The Balaban J connectivity index is 1.94. The monoisotopic (exact) mass is 319 g/mol. The molecule has 23 heavy (non-hydrogen) atoms. The number of rotatable bonds is 4. The number of alkyl halides is 3. The number of benzene rings is 1. The first-order chi connectivity index (χ1) is 11.0. The number of aromatic nitrogens is 2. The van der Waals surface area contributed by atoms with Crippen molar-refractivity contribution in [3.05, 3.63) is 54.5 Å². The van der Waals surface area contributed by atoms with E-state index < -0.39 is 11.9 Å². The van der Waals surface area contributed by atoms with Crippen LogP contribution < -0.4 is 5.32 Å². The van der Waals surface area contributed by atoms with Gasteiger partial charge in [-0.15, -0.1) is 0 Å². The van der Waals surface area contributed by atoms with Gasteiger partial charge < -0.3 is 9.88 Å². The molecule has 0 atom stereocenters. The standard InChI is InChI=1S/C17H16F3N3/c1-2-8-21-13-3-5-15-12(10-13)7-9-23(15)14-4-6-16(22-11-14)17(18,19)20/h3-7,9-11,21H,2,8H2,1H3. The van der Waals surface area contributed by atoms with Gasteiger partial charge in [0.05, 0.1) is 17.4 Å². The van der Waals surface area contributed by atoms with Crippen LogP contribution in [0, 0.1) is 0 Å². The summed E-state index contributed by atoms with van der Waals surface area (Å²) in [5.41, 5.74) is 1.67. The molecule has 120 valence electrons. The van der Waals surface area contributed by atoms with E-state index >= 15 is 0 Å². The van der Waals surface area contributed by atoms with Gasteiger partial charge in [-0.2, -0.15) is 13.2 Å². The van der Waals surface area contributed by atoms with Crippen molar-refractivity contribution in [2.45, 2.75) is 19.5 Å². The lowest BCUT2D eigenvalue weighted by Gasteiger charge is -2.09. The molecule has 0 saturated carbocycles. The summed E-state index contributed by atoms with van der Waals surface area (Å²) in [7, 11) is 0. The van der Waals surface area contributed by atoms with Crippen LogP contribution in [-0.2, 0) is 6.18 Å². The van der Waals surface area contributed by atoms with Crippen LogP contribution in [0.4, 0.5) is 18.9 Å². The molecule has 0 aliphatic carbocycles. The number of nitrogens with zero attached hydrogens (tertiary/aromatic N) is 2. The van der Waals surface area contributed by atoms with Gasteiger partial charge in [0, 0.05) is 23.8 Å². The molecule has 2 heterocycles. The second kappa shape index (κ2) is 5.95. The van der Waals surface area contributed by atoms with E-state index in [0.717, 1.165) is 35.6 Å². The van der Waals surface area contributed by atoms with Crippen molar-refractivity contribution >= 4 is 16.6 Å². The lowest BCUT2D eigenvalue weighted by Crippen LogP contribution is -2.08. The fraction of sp³-hybridized carbons (Fsp3) is 0.235. The Kier molecular flexibility index (Phi) is 3.98. The molecule has 1 aromatic carbocycles. The maximum atomic E-state index is 12.6. The van der Waals surface area contributed by atoms with E-state index in [2.05, 4.69) is 17.2 Å². The van der Waals surface area contributed by atoms with E-state index in [9.17, 15) is 13.2 Å². The molecule has 0 amide bonds. The van der Waals surface area contributed by atoms with Gasteiger partial charge in [-0.3, -0.25) is 0 Å². The average Bonchev–Trinajstić information content (AvgIpc) is 2.95. The molecule has 0 radical (unpaired) electrons. The Labute approximate surface area is 131 Å². The molecule has 3 rings (SSSR count). The van der Waals surface area contributed by atoms with Gasteiger partial charge in [-0.25, -0.2) is 4.98 Å². The van der Waals surface area contributed by atoms with Crippen LogP contribution >= 0.6 is 0 Å². The fourth-order valence-corrected chi connectivity index (χ4v) is 2.44. The number of hydrogen-bond acceptors (Lipinski definition) is 2. The summed E-state index contributed by atoms with van der Waals surface area (Å²) in [6.45, 7) is 2.99. The zero-order chi connectivity index (χ0) is 16.4. The molecule has 0 fully saturated rings. The van der Waals surface area contributed by atoms with Crippen molar-refractivity contribution in [3.63, 3.8) is 0 Å². The van der Waals surface area contributed by atoms with Crippen LogP contribution in [-0.4, -0.2) is 16.1 Å². The first-order valence-corrected chi connectivity index (χ1v) is 7.37. The Bertz CT molecular complexity index is 804.